The van der Waals surface area contributed by atoms with Gasteiger partial charge in [-0.25, -0.2) is 0 Å². The molecule has 6 heteroatoms. The highest BCUT2D eigenvalue weighted by molar-refractivity contribution is 7.71. The maximum absolute atomic E-state index is 5.27. The predicted molar refractivity (Wildman–Crippen MR) is 76.2 cm³/mol. The fraction of sp³-hybridized carbons (Fsp3) is 0.385. The molecule has 19 heavy (non-hydrogen) atoms. The van der Waals surface area contributed by atoms with Crippen LogP contribution >= 0.6 is 12.2 Å². The van der Waals surface area contributed by atoms with Crippen LogP contribution in [0.2, 0.25) is 0 Å². The van der Waals surface area contributed by atoms with Crippen LogP contribution in [0.5, 0.6) is 11.5 Å². The second-order valence-electron chi connectivity index (χ2n) is 4.11. The zero-order valence-corrected chi connectivity index (χ0v) is 12.1. The summed E-state index contributed by atoms with van der Waals surface area (Å²) in [5.74, 6) is 2.25. The Kier molecular flexibility index (Phi) is 4.21. The normalized spacial score (nSPS) is 10.5. The highest BCUT2D eigenvalue weighted by Gasteiger charge is 2.11. The van der Waals surface area contributed by atoms with Crippen LogP contribution in [-0.2, 0) is 6.54 Å². The summed E-state index contributed by atoms with van der Waals surface area (Å²) in [6, 6.07) is 5.66. The predicted octanol–water partition coefficient (Wildman–Crippen LogP) is 3.03. The summed E-state index contributed by atoms with van der Waals surface area (Å²) >= 11 is 5.24. The minimum Gasteiger partial charge on any atom is -0.497 e. The van der Waals surface area contributed by atoms with E-state index in [2.05, 4.69) is 17.1 Å². The van der Waals surface area contributed by atoms with Crippen molar-refractivity contribution in [1.82, 2.24) is 14.8 Å². The number of aromatic nitrogens is 3. The van der Waals surface area contributed by atoms with E-state index >= 15 is 0 Å². The summed E-state index contributed by atoms with van der Waals surface area (Å²) in [7, 11) is 3.25. The molecule has 0 saturated carbocycles. The van der Waals surface area contributed by atoms with Crippen molar-refractivity contribution in [1.29, 1.82) is 0 Å². The van der Waals surface area contributed by atoms with Gasteiger partial charge in [-0.15, -0.1) is 0 Å². The molecule has 1 heterocycles. The van der Waals surface area contributed by atoms with Gasteiger partial charge in [0.15, 0.2) is 10.6 Å². The smallest absolute Gasteiger partial charge is 0.195 e. The number of hydrogen-bond donors (Lipinski definition) is 1. The number of nitrogens with zero attached hydrogens (tertiary/aromatic N) is 2. The van der Waals surface area contributed by atoms with Crippen molar-refractivity contribution in [3.8, 4) is 22.9 Å². The molecule has 0 atom stereocenters. The largest absolute Gasteiger partial charge is 0.497 e. The molecular formula is C13H17N3O2S. The Hall–Kier alpha value is -1.82. The molecule has 2 aromatic rings. The van der Waals surface area contributed by atoms with E-state index in [4.69, 9.17) is 21.7 Å². The number of rotatable bonds is 5. The molecule has 102 valence electrons. The van der Waals surface area contributed by atoms with Gasteiger partial charge in [-0.3, -0.25) is 5.10 Å². The van der Waals surface area contributed by atoms with Crippen LogP contribution in [0.3, 0.4) is 0 Å². The van der Waals surface area contributed by atoms with Crippen LogP contribution < -0.4 is 9.47 Å². The molecule has 2 rings (SSSR count). The fourth-order valence-corrected chi connectivity index (χ4v) is 2.13. The zero-order valence-electron chi connectivity index (χ0n) is 11.3. The van der Waals surface area contributed by atoms with E-state index < -0.39 is 0 Å². The second-order valence-corrected chi connectivity index (χ2v) is 4.49. The third kappa shape index (κ3) is 2.78. The molecule has 0 bridgehead atoms. The molecule has 5 nitrogen and oxygen atoms in total. The Bertz CT molecular complexity index is 596. The summed E-state index contributed by atoms with van der Waals surface area (Å²) < 4.78 is 13.1. The first-order valence-corrected chi connectivity index (χ1v) is 6.49. The van der Waals surface area contributed by atoms with Crippen molar-refractivity contribution < 1.29 is 9.47 Å². The third-order valence-corrected chi connectivity index (χ3v) is 3.13. The molecule has 1 aromatic heterocycles. The van der Waals surface area contributed by atoms with Crippen LogP contribution in [0.15, 0.2) is 18.2 Å². The number of aromatic amines is 1. The van der Waals surface area contributed by atoms with Crippen LogP contribution in [0.4, 0.5) is 0 Å². The van der Waals surface area contributed by atoms with Gasteiger partial charge in [0.2, 0.25) is 0 Å². The number of hydrogen-bond acceptors (Lipinski definition) is 4. The Labute approximate surface area is 117 Å². The minimum absolute atomic E-state index is 0.624. The van der Waals surface area contributed by atoms with Gasteiger partial charge in [0.25, 0.3) is 0 Å². The first kappa shape index (κ1) is 13.6. The molecule has 0 aliphatic rings. The average Bonchev–Trinajstić information content (AvgIpc) is 2.80. The summed E-state index contributed by atoms with van der Waals surface area (Å²) in [4.78, 5) is 0. The SMILES string of the molecule is CCCn1c(-c2cc(OC)cc(OC)c2)n[nH]c1=S. The molecule has 0 aliphatic heterocycles. The van der Waals surface area contributed by atoms with Gasteiger partial charge >= 0.3 is 0 Å². The van der Waals surface area contributed by atoms with Crippen LogP contribution in [0.25, 0.3) is 11.4 Å². The summed E-state index contributed by atoms with van der Waals surface area (Å²) in [5, 5.41) is 7.12. The van der Waals surface area contributed by atoms with Crippen LogP contribution in [-0.4, -0.2) is 29.0 Å². The molecule has 0 fully saturated rings. The lowest BCUT2D eigenvalue weighted by molar-refractivity contribution is 0.394. The van der Waals surface area contributed by atoms with Gasteiger partial charge in [-0.2, -0.15) is 5.10 Å². The summed E-state index contributed by atoms with van der Waals surface area (Å²) in [6.45, 7) is 2.93. The van der Waals surface area contributed by atoms with Gasteiger partial charge in [0.1, 0.15) is 11.5 Å². The van der Waals surface area contributed by atoms with Gasteiger partial charge < -0.3 is 14.0 Å². The molecule has 0 radical (unpaired) electrons. The second kappa shape index (κ2) is 5.88. The lowest BCUT2D eigenvalue weighted by atomic mass is 10.2. The van der Waals surface area contributed by atoms with Gasteiger partial charge in [-0.05, 0) is 30.8 Å². The molecular weight excluding hydrogens is 262 g/mol. The maximum atomic E-state index is 5.27. The number of H-pyrrole nitrogens is 1. The highest BCUT2D eigenvalue weighted by atomic mass is 32.1. The first-order valence-electron chi connectivity index (χ1n) is 6.08. The van der Waals surface area contributed by atoms with Crippen molar-refractivity contribution in [2.45, 2.75) is 19.9 Å². The number of nitrogens with one attached hydrogen (secondary N) is 1. The standard InChI is InChI=1S/C13H17N3O2S/c1-4-5-16-12(14-15-13(16)19)9-6-10(17-2)8-11(7-9)18-3/h6-8H,4-5H2,1-3H3,(H,15,19). The van der Waals surface area contributed by atoms with Gasteiger partial charge in [0.05, 0.1) is 14.2 Å². The summed E-state index contributed by atoms with van der Waals surface area (Å²) in [6.07, 6.45) is 0.988. The van der Waals surface area contributed by atoms with Gasteiger partial charge in [0, 0.05) is 18.2 Å². The monoisotopic (exact) mass is 279 g/mol. The average molecular weight is 279 g/mol. The Balaban J connectivity index is 2.54. The lowest BCUT2D eigenvalue weighted by Crippen LogP contribution is -2.00. The Morgan fingerprint density at radius 3 is 2.37 bits per heavy atom. The molecule has 0 spiro atoms. The van der Waals surface area contributed by atoms with E-state index in [1.807, 2.05) is 22.8 Å². The lowest BCUT2D eigenvalue weighted by Gasteiger charge is -2.09. The Morgan fingerprint density at radius 1 is 1.21 bits per heavy atom. The third-order valence-electron chi connectivity index (χ3n) is 2.82. The number of methoxy groups -OCH3 is 2. The molecule has 0 amide bonds. The van der Waals surface area contributed by atoms with Crippen molar-refractivity contribution in [2.24, 2.45) is 0 Å². The minimum atomic E-state index is 0.624. The molecule has 0 saturated heterocycles. The highest BCUT2D eigenvalue weighted by Crippen LogP contribution is 2.28. The molecule has 0 unspecified atom stereocenters. The van der Waals surface area contributed by atoms with Crippen molar-refractivity contribution in [3.05, 3.63) is 23.0 Å². The van der Waals surface area contributed by atoms with E-state index in [1.165, 1.54) is 0 Å². The van der Waals surface area contributed by atoms with Gasteiger partial charge in [-0.1, -0.05) is 6.92 Å². The molecule has 0 aliphatic carbocycles. The van der Waals surface area contributed by atoms with Crippen molar-refractivity contribution >= 4 is 12.2 Å². The Morgan fingerprint density at radius 2 is 1.84 bits per heavy atom. The van der Waals surface area contributed by atoms with E-state index in [0.29, 0.717) is 4.77 Å². The zero-order chi connectivity index (χ0) is 13.8. The van der Waals surface area contributed by atoms with E-state index in [0.717, 1.165) is 35.9 Å². The first-order chi connectivity index (χ1) is 9.19. The van der Waals surface area contributed by atoms with Crippen molar-refractivity contribution in [2.75, 3.05) is 14.2 Å². The van der Waals surface area contributed by atoms with Crippen LogP contribution in [0, 0.1) is 4.77 Å². The molecule has 1 N–H and O–H groups in total. The van der Waals surface area contributed by atoms with Crippen molar-refractivity contribution in [3.63, 3.8) is 0 Å². The topological polar surface area (TPSA) is 52.1 Å². The van der Waals surface area contributed by atoms with E-state index in [-0.39, 0.29) is 0 Å². The van der Waals surface area contributed by atoms with E-state index in [9.17, 15) is 0 Å². The van der Waals surface area contributed by atoms with E-state index in [1.54, 1.807) is 14.2 Å². The summed E-state index contributed by atoms with van der Waals surface area (Å²) in [5.41, 5.74) is 0.914. The fourth-order valence-electron chi connectivity index (χ4n) is 1.91. The maximum Gasteiger partial charge on any atom is 0.195 e. The van der Waals surface area contributed by atoms with Crippen LogP contribution in [0.1, 0.15) is 13.3 Å². The number of benzene rings is 1. The quantitative estimate of drug-likeness (QED) is 0.855. The molecule has 1 aromatic carbocycles. The number of ether oxygens (including phenoxy) is 2.